The van der Waals surface area contributed by atoms with Crippen molar-refractivity contribution in [2.24, 2.45) is 0 Å². The molecule has 1 aromatic carbocycles. The predicted octanol–water partition coefficient (Wildman–Crippen LogP) is 4.84. The molecule has 0 unspecified atom stereocenters. The van der Waals surface area contributed by atoms with Gasteiger partial charge >= 0.3 is 0 Å². The Kier molecular flexibility index (Phi) is 4.00. The fourth-order valence-corrected chi connectivity index (χ4v) is 2.66. The summed E-state index contributed by atoms with van der Waals surface area (Å²) < 4.78 is 0. The highest BCUT2D eigenvalue weighted by molar-refractivity contribution is 5.64. The van der Waals surface area contributed by atoms with Gasteiger partial charge in [0.2, 0.25) is 0 Å². The van der Waals surface area contributed by atoms with Crippen molar-refractivity contribution in [2.45, 2.75) is 38.5 Å². The van der Waals surface area contributed by atoms with Gasteiger partial charge in [-0.1, -0.05) is 31.5 Å². The van der Waals surface area contributed by atoms with Gasteiger partial charge in [-0.2, -0.15) is 0 Å². The SMILES string of the molecule is CCCNc1ccnc(-c2cccc(C3CCC3)c2)c1. The van der Waals surface area contributed by atoms with Crippen LogP contribution in [0.5, 0.6) is 0 Å². The van der Waals surface area contributed by atoms with E-state index in [0.717, 1.165) is 30.3 Å². The van der Waals surface area contributed by atoms with Gasteiger partial charge in [0.25, 0.3) is 0 Å². The second kappa shape index (κ2) is 6.08. The van der Waals surface area contributed by atoms with Crippen LogP contribution in [0.15, 0.2) is 42.6 Å². The number of hydrogen-bond donors (Lipinski definition) is 1. The zero-order valence-electron chi connectivity index (χ0n) is 12.1. The first kappa shape index (κ1) is 13.2. The Morgan fingerprint density at radius 1 is 1.20 bits per heavy atom. The van der Waals surface area contributed by atoms with Crippen LogP contribution in [0.3, 0.4) is 0 Å². The molecule has 1 aliphatic rings. The first-order valence-electron chi connectivity index (χ1n) is 7.67. The van der Waals surface area contributed by atoms with Crippen molar-refractivity contribution in [3.63, 3.8) is 0 Å². The van der Waals surface area contributed by atoms with Gasteiger partial charge in [0.15, 0.2) is 0 Å². The van der Waals surface area contributed by atoms with Crippen molar-refractivity contribution < 1.29 is 0 Å². The van der Waals surface area contributed by atoms with Crippen LogP contribution in [0, 0.1) is 0 Å². The van der Waals surface area contributed by atoms with Gasteiger partial charge in [-0.25, -0.2) is 0 Å². The minimum absolute atomic E-state index is 0.774. The van der Waals surface area contributed by atoms with E-state index in [-0.39, 0.29) is 0 Å². The highest BCUT2D eigenvalue weighted by Crippen LogP contribution is 2.37. The molecule has 1 heterocycles. The van der Waals surface area contributed by atoms with E-state index in [4.69, 9.17) is 0 Å². The molecule has 2 nitrogen and oxygen atoms in total. The van der Waals surface area contributed by atoms with Gasteiger partial charge < -0.3 is 5.32 Å². The van der Waals surface area contributed by atoms with Crippen molar-refractivity contribution in [2.75, 3.05) is 11.9 Å². The van der Waals surface area contributed by atoms with E-state index in [0.29, 0.717) is 0 Å². The molecule has 0 spiro atoms. The zero-order chi connectivity index (χ0) is 13.8. The van der Waals surface area contributed by atoms with Gasteiger partial charge in [-0.15, -0.1) is 0 Å². The molecule has 2 heteroatoms. The summed E-state index contributed by atoms with van der Waals surface area (Å²) in [4.78, 5) is 4.52. The van der Waals surface area contributed by atoms with Gasteiger partial charge in [0, 0.05) is 24.0 Å². The average Bonchev–Trinajstić information content (AvgIpc) is 2.44. The number of nitrogens with one attached hydrogen (secondary N) is 1. The summed E-state index contributed by atoms with van der Waals surface area (Å²) in [6, 6.07) is 13.1. The van der Waals surface area contributed by atoms with E-state index in [1.54, 1.807) is 0 Å². The van der Waals surface area contributed by atoms with Crippen molar-refractivity contribution in [1.82, 2.24) is 4.98 Å². The van der Waals surface area contributed by atoms with Crippen LogP contribution >= 0.6 is 0 Å². The number of rotatable bonds is 5. The molecule has 1 aromatic heterocycles. The van der Waals surface area contributed by atoms with Gasteiger partial charge in [-0.3, -0.25) is 4.98 Å². The largest absolute Gasteiger partial charge is 0.385 e. The number of benzene rings is 1. The Labute approximate surface area is 121 Å². The third kappa shape index (κ3) is 2.84. The minimum Gasteiger partial charge on any atom is -0.385 e. The maximum Gasteiger partial charge on any atom is 0.0722 e. The minimum atomic E-state index is 0.774. The predicted molar refractivity (Wildman–Crippen MR) is 85.0 cm³/mol. The van der Waals surface area contributed by atoms with E-state index in [1.807, 2.05) is 12.3 Å². The highest BCUT2D eigenvalue weighted by atomic mass is 14.9. The molecule has 0 atom stereocenters. The molecule has 1 N–H and O–H groups in total. The van der Waals surface area contributed by atoms with Crippen molar-refractivity contribution >= 4 is 5.69 Å². The second-order valence-electron chi connectivity index (χ2n) is 5.61. The molecule has 1 saturated carbocycles. The molecule has 3 rings (SSSR count). The van der Waals surface area contributed by atoms with Crippen LogP contribution in [0.25, 0.3) is 11.3 Å². The number of anilines is 1. The Balaban J connectivity index is 1.84. The maximum absolute atomic E-state index is 4.52. The quantitative estimate of drug-likeness (QED) is 0.837. The molecule has 1 fully saturated rings. The fraction of sp³-hybridized carbons (Fsp3) is 0.389. The maximum atomic E-state index is 4.52. The second-order valence-corrected chi connectivity index (χ2v) is 5.61. The first-order chi connectivity index (χ1) is 9.86. The number of hydrogen-bond acceptors (Lipinski definition) is 2. The Morgan fingerprint density at radius 3 is 2.85 bits per heavy atom. The third-order valence-electron chi connectivity index (χ3n) is 4.10. The van der Waals surface area contributed by atoms with Crippen molar-refractivity contribution in [1.29, 1.82) is 0 Å². The number of nitrogens with zero attached hydrogens (tertiary/aromatic N) is 1. The number of pyridine rings is 1. The van der Waals surface area contributed by atoms with Crippen LogP contribution < -0.4 is 5.32 Å². The van der Waals surface area contributed by atoms with Crippen LogP contribution in [0.2, 0.25) is 0 Å². The molecule has 0 amide bonds. The lowest BCUT2D eigenvalue weighted by molar-refractivity contribution is 0.420. The molecule has 20 heavy (non-hydrogen) atoms. The van der Waals surface area contributed by atoms with Crippen LogP contribution in [-0.2, 0) is 0 Å². The lowest BCUT2D eigenvalue weighted by Crippen LogP contribution is -2.08. The average molecular weight is 266 g/mol. The topological polar surface area (TPSA) is 24.9 Å². The Morgan fingerprint density at radius 2 is 2.10 bits per heavy atom. The highest BCUT2D eigenvalue weighted by Gasteiger charge is 2.19. The summed E-state index contributed by atoms with van der Waals surface area (Å²) in [6.45, 7) is 3.18. The monoisotopic (exact) mass is 266 g/mol. The molecule has 104 valence electrons. The van der Waals surface area contributed by atoms with Gasteiger partial charge in [0.1, 0.15) is 0 Å². The standard InChI is InChI=1S/C18H22N2/c1-2-10-19-17-9-11-20-18(13-17)16-8-4-7-15(12-16)14-5-3-6-14/h4,7-9,11-14H,2-3,5-6,10H2,1H3,(H,19,20). The van der Waals surface area contributed by atoms with Gasteiger partial charge in [-0.05, 0) is 48.9 Å². The molecule has 0 saturated heterocycles. The van der Waals surface area contributed by atoms with Crippen LogP contribution in [-0.4, -0.2) is 11.5 Å². The molecule has 0 bridgehead atoms. The molecule has 0 aliphatic heterocycles. The van der Waals surface area contributed by atoms with E-state index in [2.05, 4.69) is 47.6 Å². The van der Waals surface area contributed by atoms with Crippen molar-refractivity contribution in [3.05, 3.63) is 48.2 Å². The molecular formula is C18H22N2. The summed E-state index contributed by atoms with van der Waals surface area (Å²) in [5.41, 5.74) is 4.93. The number of aromatic nitrogens is 1. The smallest absolute Gasteiger partial charge is 0.0722 e. The summed E-state index contributed by atoms with van der Waals surface area (Å²) in [7, 11) is 0. The summed E-state index contributed by atoms with van der Waals surface area (Å²) in [5.74, 6) is 0.774. The van der Waals surface area contributed by atoms with Crippen molar-refractivity contribution in [3.8, 4) is 11.3 Å². The Hall–Kier alpha value is -1.83. The first-order valence-corrected chi connectivity index (χ1v) is 7.67. The van der Waals surface area contributed by atoms with Crippen LogP contribution in [0.4, 0.5) is 5.69 Å². The summed E-state index contributed by atoms with van der Waals surface area (Å²) in [5, 5.41) is 3.42. The lowest BCUT2D eigenvalue weighted by atomic mass is 9.79. The van der Waals surface area contributed by atoms with Gasteiger partial charge in [0.05, 0.1) is 5.69 Å². The lowest BCUT2D eigenvalue weighted by Gasteiger charge is -2.26. The molecule has 2 aromatic rings. The zero-order valence-corrected chi connectivity index (χ0v) is 12.1. The fourth-order valence-electron chi connectivity index (χ4n) is 2.66. The summed E-state index contributed by atoms with van der Waals surface area (Å²) in [6.07, 6.45) is 7.09. The third-order valence-corrected chi connectivity index (χ3v) is 4.10. The molecule has 0 radical (unpaired) electrons. The van der Waals surface area contributed by atoms with E-state index in [9.17, 15) is 0 Å². The summed E-state index contributed by atoms with van der Waals surface area (Å²) >= 11 is 0. The normalized spacial score (nSPS) is 14.8. The Bertz CT molecular complexity index is 573. The van der Waals surface area contributed by atoms with Crippen LogP contribution in [0.1, 0.15) is 44.1 Å². The van der Waals surface area contributed by atoms with E-state index < -0.39 is 0 Å². The molecule has 1 aliphatic carbocycles. The van der Waals surface area contributed by atoms with E-state index >= 15 is 0 Å². The molecular weight excluding hydrogens is 244 g/mol. The van der Waals surface area contributed by atoms with E-state index in [1.165, 1.54) is 30.4 Å².